The van der Waals surface area contributed by atoms with Gasteiger partial charge in [-0.15, -0.1) is 10.2 Å². The summed E-state index contributed by atoms with van der Waals surface area (Å²) >= 11 is 0. The average Bonchev–Trinajstić information content (AvgIpc) is 3.20. The van der Waals surface area contributed by atoms with Gasteiger partial charge in [-0.3, -0.25) is 14.5 Å². The van der Waals surface area contributed by atoms with Crippen molar-refractivity contribution in [3.05, 3.63) is 113 Å². The smallest absolute Gasteiger partial charge is 0.261 e. The Labute approximate surface area is 219 Å². The lowest BCUT2D eigenvalue weighted by Crippen LogP contribution is -2.29. The molecule has 186 valence electrons. The highest BCUT2D eigenvalue weighted by atomic mass is 16.5. The number of imide groups is 1. The number of methoxy groups -OCH3 is 1. The summed E-state index contributed by atoms with van der Waals surface area (Å²) in [6.07, 6.45) is 0. The Morgan fingerprint density at radius 1 is 0.789 bits per heavy atom. The summed E-state index contributed by atoms with van der Waals surface area (Å²) in [5.41, 5.74) is 5.22. The molecule has 4 aromatic carbocycles. The number of benzene rings is 4. The Morgan fingerprint density at radius 2 is 1.45 bits per heavy atom. The number of ether oxygens (including phenoxy) is 1. The first-order valence-electron chi connectivity index (χ1n) is 12.2. The van der Waals surface area contributed by atoms with Crippen molar-refractivity contribution in [2.45, 2.75) is 13.5 Å². The molecule has 1 aliphatic rings. The molecule has 0 saturated heterocycles. The van der Waals surface area contributed by atoms with E-state index in [9.17, 15) is 9.59 Å². The molecule has 6 rings (SSSR count). The van der Waals surface area contributed by atoms with Crippen molar-refractivity contribution in [3.63, 3.8) is 0 Å². The molecule has 1 aromatic heterocycles. The summed E-state index contributed by atoms with van der Waals surface area (Å²) in [6.45, 7) is 2.16. The fourth-order valence-electron chi connectivity index (χ4n) is 4.76. The maximum atomic E-state index is 12.9. The van der Waals surface area contributed by atoms with Crippen LogP contribution >= 0.6 is 0 Å². The van der Waals surface area contributed by atoms with Crippen molar-refractivity contribution in [3.8, 4) is 17.0 Å². The zero-order valence-corrected chi connectivity index (χ0v) is 20.9. The molecule has 7 nitrogen and oxygen atoms in total. The van der Waals surface area contributed by atoms with Gasteiger partial charge in [0.2, 0.25) is 0 Å². The third-order valence-corrected chi connectivity index (χ3v) is 6.87. The fourth-order valence-corrected chi connectivity index (χ4v) is 4.76. The number of hydrogen-bond acceptors (Lipinski definition) is 6. The highest BCUT2D eigenvalue weighted by molar-refractivity contribution is 6.21. The average molecular weight is 501 g/mol. The lowest BCUT2D eigenvalue weighted by Gasteiger charge is -2.17. The Balaban J connectivity index is 1.35. The maximum Gasteiger partial charge on any atom is 0.261 e. The SMILES string of the molecule is COc1ccc(Nc2nnc(-c3ccc(C)c(CN4C(=O)c5ccccc5C4=O)c3)c3ccccc23)cc1. The van der Waals surface area contributed by atoms with Crippen LogP contribution in [0, 0.1) is 6.92 Å². The third-order valence-electron chi connectivity index (χ3n) is 6.87. The van der Waals surface area contributed by atoms with Crippen LogP contribution in [0.25, 0.3) is 22.0 Å². The number of aromatic nitrogens is 2. The van der Waals surface area contributed by atoms with Crippen molar-refractivity contribution in [2.24, 2.45) is 0 Å². The standard InChI is InChI=1S/C31H24N4O3/c1-19-11-12-20(17-21(19)18-35-30(36)26-9-5-6-10-27(26)31(35)37)28-24-7-3-4-8-25(24)29(34-33-28)32-22-13-15-23(38-2)16-14-22/h3-17H,18H2,1-2H3,(H,32,34). The van der Waals surface area contributed by atoms with Crippen LogP contribution < -0.4 is 10.1 Å². The molecule has 0 saturated carbocycles. The van der Waals surface area contributed by atoms with Crippen LogP contribution in [0.3, 0.4) is 0 Å². The molecule has 2 heterocycles. The van der Waals surface area contributed by atoms with Crippen LogP contribution in [0.2, 0.25) is 0 Å². The van der Waals surface area contributed by atoms with Gasteiger partial charge in [0, 0.05) is 22.0 Å². The number of nitrogens with one attached hydrogen (secondary N) is 1. The number of rotatable bonds is 6. The predicted molar refractivity (Wildman–Crippen MR) is 147 cm³/mol. The fraction of sp³-hybridized carbons (Fsp3) is 0.0968. The van der Waals surface area contributed by atoms with Gasteiger partial charge in [-0.2, -0.15) is 0 Å². The van der Waals surface area contributed by atoms with E-state index in [0.29, 0.717) is 16.9 Å². The van der Waals surface area contributed by atoms with Gasteiger partial charge in [0.1, 0.15) is 11.4 Å². The first-order chi connectivity index (χ1) is 18.5. The number of anilines is 2. The minimum Gasteiger partial charge on any atom is -0.497 e. The molecule has 0 aliphatic carbocycles. The summed E-state index contributed by atoms with van der Waals surface area (Å²) in [5.74, 6) is 0.885. The third kappa shape index (κ3) is 4.04. The lowest BCUT2D eigenvalue weighted by atomic mass is 9.99. The van der Waals surface area contributed by atoms with Gasteiger partial charge < -0.3 is 10.1 Å². The van der Waals surface area contributed by atoms with Crippen molar-refractivity contribution >= 4 is 34.1 Å². The number of nitrogens with zero attached hydrogens (tertiary/aromatic N) is 3. The monoisotopic (exact) mass is 500 g/mol. The van der Waals surface area contributed by atoms with E-state index in [-0.39, 0.29) is 18.4 Å². The summed E-state index contributed by atoms with van der Waals surface area (Å²) in [5, 5.41) is 14.3. The Hall–Kier alpha value is -5.04. The van der Waals surface area contributed by atoms with E-state index < -0.39 is 0 Å². The topological polar surface area (TPSA) is 84.4 Å². The highest BCUT2D eigenvalue weighted by Crippen LogP contribution is 2.33. The van der Waals surface area contributed by atoms with E-state index in [1.807, 2.05) is 73.7 Å². The van der Waals surface area contributed by atoms with Gasteiger partial charge in [-0.25, -0.2) is 0 Å². The van der Waals surface area contributed by atoms with Crippen LogP contribution in [0.1, 0.15) is 31.8 Å². The molecule has 0 spiro atoms. The molecule has 1 aliphatic heterocycles. The number of carbonyl (C=O) groups is 2. The molecule has 38 heavy (non-hydrogen) atoms. The van der Waals surface area contributed by atoms with Crippen molar-refractivity contribution in [2.75, 3.05) is 12.4 Å². The second-order valence-corrected chi connectivity index (χ2v) is 9.18. The molecule has 5 aromatic rings. The van der Waals surface area contributed by atoms with E-state index in [4.69, 9.17) is 4.74 Å². The summed E-state index contributed by atoms with van der Waals surface area (Å²) in [4.78, 5) is 27.2. The summed E-state index contributed by atoms with van der Waals surface area (Å²) in [6, 6.07) is 28.5. The predicted octanol–water partition coefficient (Wildman–Crippen LogP) is 6.15. The Bertz CT molecular complexity index is 1680. The van der Waals surface area contributed by atoms with Gasteiger partial charge in [0.25, 0.3) is 11.8 Å². The van der Waals surface area contributed by atoms with Crippen molar-refractivity contribution in [1.29, 1.82) is 0 Å². The number of carbonyl (C=O) groups excluding carboxylic acids is 2. The van der Waals surface area contributed by atoms with E-state index in [1.54, 1.807) is 31.4 Å². The quantitative estimate of drug-likeness (QED) is 0.281. The first kappa shape index (κ1) is 23.4. The van der Waals surface area contributed by atoms with Crippen LogP contribution in [-0.2, 0) is 6.54 Å². The van der Waals surface area contributed by atoms with Crippen LogP contribution in [0.4, 0.5) is 11.5 Å². The van der Waals surface area contributed by atoms with E-state index in [1.165, 1.54) is 4.90 Å². The number of fused-ring (bicyclic) bond motifs is 2. The lowest BCUT2D eigenvalue weighted by molar-refractivity contribution is 0.0642. The van der Waals surface area contributed by atoms with Gasteiger partial charge in [0.15, 0.2) is 5.82 Å². The first-order valence-corrected chi connectivity index (χ1v) is 12.2. The van der Waals surface area contributed by atoms with E-state index in [2.05, 4.69) is 15.5 Å². The summed E-state index contributed by atoms with van der Waals surface area (Å²) in [7, 11) is 1.64. The molecule has 0 bridgehead atoms. The number of hydrogen-bond donors (Lipinski definition) is 1. The molecule has 7 heteroatoms. The van der Waals surface area contributed by atoms with Crippen LogP contribution in [0.5, 0.6) is 5.75 Å². The second kappa shape index (κ2) is 9.44. The zero-order valence-electron chi connectivity index (χ0n) is 20.9. The van der Waals surface area contributed by atoms with Gasteiger partial charge in [-0.05, 0) is 60.5 Å². The van der Waals surface area contributed by atoms with E-state index >= 15 is 0 Å². The number of amides is 2. The molecule has 0 unspecified atom stereocenters. The Morgan fingerprint density at radius 3 is 2.13 bits per heavy atom. The van der Waals surface area contributed by atoms with Crippen LogP contribution in [-0.4, -0.2) is 34.0 Å². The number of aryl methyl sites for hydroxylation is 1. The molecule has 1 N–H and O–H groups in total. The van der Waals surface area contributed by atoms with Crippen LogP contribution in [0.15, 0.2) is 91.0 Å². The molecule has 2 amide bonds. The zero-order chi connectivity index (χ0) is 26.2. The molecular weight excluding hydrogens is 476 g/mol. The maximum absolute atomic E-state index is 12.9. The van der Waals surface area contributed by atoms with Crippen molar-refractivity contribution in [1.82, 2.24) is 15.1 Å². The normalized spacial score (nSPS) is 12.6. The Kier molecular flexibility index (Phi) is 5.81. The molecule has 0 radical (unpaired) electrons. The molecular formula is C31H24N4O3. The summed E-state index contributed by atoms with van der Waals surface area (Å²) < 4.78 is 5.25. The highest BCUT2D eigenvalue weighted by Gasteiger charge is 2.35. The molecule has 0 fully saturated rings. The minimum atomic E-state index is -0.269. The largest absolute Gasteiger partial charge is 0.497 e. The van der Waals surface area contributed by atoms with Gasteiger partial charge in [0.05, 0.1) is 24.8 Å². The van der Waals surface area contributed by atoms with Gasteiger partial charge >= 0.3 is 0 Å². The molecule has 0 atom stereocenters. The van der Waals surface area contributed by atoms with E-state index in [0.717, 1.165) is 44.6 Å². The van der Waals surface area contributed by atoms with Gasteiger partial charge in [-0.1, -0.05) is 48.5 Å². The minimum absolute atomic E-state index is 0.189. The second-order valence-electron chi connectivity index (χ2n) is 9.18. The van der Waals surface area contributed by atoms with Crippen molar-refractivity contribution < 1.29 is 14.3 Å².